The van der Waals surface area contributed by atoms with Crippen LogP contribution in [0.3, 0.4) is 0 Å². The highest BCUT2D eigenvalue weighted by Crippen LogP contribution is 2.38. The molecule has 5 N–H and O–H groups in total. The molecule has 0 unspecified atom stereocenters. The summed E-state index contributed by atoms with van der Waals surface area (Å²) in [6.07, 6.45) is -2.65. The zero-order valence-corrected chi connectivity index (χ0v) is 27.4. The molecule has 0 saturated carbocycles. The van der Waals surface area contributed by atoms with Crippen LogP contribution in [0.25, 0.3) is 10.9 Å². The fraction of sp³-hybridized carbons (Fsp3) is 0.371. The summed E-state index contributed by atoms with van der Waals surface area (Å²) in [4.78, 5) is 27.2. The number of aromatic nitrogens is 1. The first-order chi connectivity index (χ1) is 23.7. The van der Waals surface area contributed by atoms with E-state index in [4.69, 9.17) is 19.0 Å². The van der Waals surface area contributed by atoms with Crippen molar-refractivity contribution in [2.45, 2.75) is 24.1 Å². The third-order valence-corrected chi connectivity index (χ3v) is 9.59. The van der Waals surface area contributed by atoms with Crippen LogP contribution in [0, 0.1) is 0 Å². The maximum Gasteiger partial charge on any atom is 0.494 e. The Bertz CT molecular complexity index is 1830. The monoisotopic (exact) mass is 669 g/mol. The SMILES string of the molecule is CN1CCN(CC(=O)N(C)c2ccc(N=C(c3ccccc3)c3c(O)[nH]c4cc(B5O[C@@H]6[C@@H](CO)O[C@@](O)(CO)[C@H]6O5)ccc34)cc2)CC1. The van der Waals surface area contributed by atoms with Gasteiger partial charge >= 0.3 is 7.12 Å². The van der Waals surface area contributed by atoms with Gasteiger partial charge in [0.1, 0.15) is 18.3 Å². The lowest BCUT2D eigenvalue weighted by atomic mass is 9.78. The van der Waals surface area contributed by atoms with Gasteiger partial charge in [0, 0.05) is 55.4 Å². The second-order valence-corrected chi connectivity index (χ2v) is 12.9. The maximum absolute atomic E-state index is 13.0. The predicted octanol–water partition coefficient (Wildman–Crippen LogP) is 0.804. The molecule has 0 radical (unpaired) electrons. The van der Waals surface area contributed by atoms with Gasteiger partial charge in [-0.15, -0.1) is 0 Å². The van der Waals surface area contributed by atoms with Crippen molar-refractivity contribution < 1.29 is 39.3 Å². The molecule has 256 valence electrons. The first kappa shape index (κ1) is 33.4. The Morgan fingerprint density at radius 3 is 2.47 bits per heavy atom. The Morgan fingerprint density at radius 2 is 1.78 bits per heavy atom. The van der Waals surface area contributed by atoms with Gasteiger partial charge < -0.3 is 49.3 Å². The third kappa shape index (κ3) is 6.49. The lowest BCUT2D eigenvalue weighted by Crippen LogP contribution is -2.48. The number of nitrogens with one attached hydrogen (secondary N) is 1. The van der Waals surface area contributed by atoms with E-state index < -0.39 is 44.4 Å². The van der Waals surface area contributed by atoms with Crippen molar-refractivity contribution in [3.63, 3.8) is 0 Å². The molecular formula is C35H40BN5O8. The Morgan fingerprint density at radius 1 is 1.04 bits per heavy atom. The van der Waals surface area contributed by atoms with Crippen molar-refractivity contribution in [1.82, 2.24) is 14.8 Å². The average molecular weight is 670 g/mol. The molecule has 0 spiro atoms. The number of hydrogen-bond acceptors (Lipinski definition) is 11. The number of carbonyl (C=O) groups excluding carboxylic acids is 1. The molecule has 3 fully saturated rings. The number of anilines is 1. The topological polar surface area (TPSA) is 164 Å². The van der Waals surface area contributed by atoms with Crippen LogP contribution in [-0.4, -0.2) is 138 Å². The van der Waals surface area contributed by atoms with Gasteiger partial charge in [-0.1, -0.05) is 42.5 Å². The molecule has 3 saturated heterocycles. The molecule has 14 heteroatoms. The van der Waals surface area contributed by atoms with E-state index in [0.717, 1.165) is 37.4 Å². The van der Waals surface area contributed by atoms with Crippen LogP contribution < -0.4 is 10.4 Å². The zero-order chi connectivity index (χ0) is 34.3. The molecule has 13 nitrogen and oxygen atoms in total. The second-order valence-electron chi connectivity index (χ2n) is 12.9. The fourth-order valence-corrected chi connectivity index (χ4v) is 6.70. The summed E-state index contributed by atoms with van der Waals surface area (Å²) in [7, 11) is 2.97. The molecule has 3 aromatic carbocycles. The number of aliphatic imine (C=N–C) groups is 1. The van der Waals surface area contributed by atoms with Crippen LogP contribution in [0.2, 0.25) is 0 Å². The first-order valence-corrected chi connectivity index (χ1v) is 16.4. The van der Waals surface area contributed by atoms with Gasteiger partial charge in [0.25, 0.3) is 0 Å². The number of benzene rings is 3. The van der Waals surface area contributed by atoms with E-state index in [9.17, 15) is 25.2 Å². The summed E-state index contributed by atoms with van der Waals surface area (Å²) in [5.41, 5.74) is 4.45. The molecular weight excluding hydrogens is 629 g/mol. The van der Waals surface area contributed by atoms with Crippen molar-refractivity contribution in [2.24, 2.45) is 4.99 Å². The van der Waals surface area contributed by atoms with Crippen molar-refractivity contribution in [3.05, 3.63) is 83.9 Å². The van der Waals surface area contributed by atoms with Gasteiger partial charge in [0.2, 0.25) is 11.7 Å². The average Bonchev–Trinajstić information content (AvgIpc) is 3.79. The Balaban J connectivity index is 1.15. The summed E-state index contributed by atoms with van der Waals surface area (Å²) in [5.74, 6) is -2.05. The van der Waals surface area contributed by atoms with Gasteiger partial charge in [-0.05, 0) is 42.8 Å². The molecule has 1 aromatic heterocycles. The fourth-order valence-electron chi connectivity index (χ4n) is 6.70. The van der Waals surface area contributed by atoms with Gasteiger partial charge in [-0.3, -0.25) is 9.69 Å². The van der Waals surface area contributed by atoms with Crippen LogP contribution in [0.1, 0.15) is 11.1 Å². The Labute approximate surface area is 284 Å². The number of rotatable bonds is 9. The lowest BCUT2D eigenvalue weighted by Gasteiger charge is -2.32. The molecule has 1 amide bonds. The molecule has 4 atom stereocenters. The molecule has 7 rings (SSSR count). The Hall–Kier alpha value is -4.12. The van der Waals surface area contributed by atoms with Crippen molar-refractivity contribution in [2.75, 3.05) is 64.9 Å². The zero-order valence-electron chi connectivity index (χ0n) is 27.4. The molecule has 4 heterocycles. The number of carbonyl (C=O) groups is 1. The summed E-state index contributed by atoms with van der Waals surface area (Å²) in [5, 5.41) is 42.2. The molecule has 3 aliphatic rings. The number of aromatic hydroxyl groups is 1. The van der Waals surface area contributed by atoms with E-state index in [1.54, 1.807) is 24.1 Å². The largest absolute Gasteiger partial charge is 0.494 e. The molecule has 3 aliphatic heterocycles. The van der Waals surface area contributed by atoms with E-state index >= 15 is 0 Å². The van der Waals surface area contributed by atoms with Crippen molar-refractivity contribution in [3.8, 4) is 5.88 Å². The van der Waals surface area contributed by atoms with Gasteiger partial charge in [0.05, 0.1) is 36.7 Å². The number of likely N-dealkylation sites (N-methyl/N-ethyl adjacent to an activating group) is 2. The number of H-pyrrole nitrogens is 1. The van der Waals surface area contributed by atoms with E-state index in [0.29, 0.717) is 39.9 Å². The van der Waals surface area contributed by atoms with E-state index in [2.05, 4.69) is 21.8 Å². The highest BCUT2D eigenvalue weighted by molar-refractivity contribution is 6.62. The molecule has 4 aromatic rings. The van der Waals surface area contributed by atoms with Crippen LogP contribution in [0.4, 0.5) is 11.4 Å². The number of ether oxygens (including phenoxy) is 1. The molecule has 0 bridgehead atoms. The number of aliphatic hydroxyl groups excluding tert-OH is 2. The minimum Gasteiger partial charge on any atom is -0.494 e. The number of fused-ring (bicyclic) bond motifs is 2. The number of amides is 1. The number of nitrogens with zero attached hydrogens (tertiary/aromatic N) is 4. The molecule has 49 heavy (non-hydrogen) atoms. The van der Waals surface area contributed by atoms with Crippen LogP contribution in [0.5, 0.6) is 5.88 Å². The normalized spacial score (nSPS) is 24.9. The highest BCUT2D eigenvalue weighted by atomic mass is 16.7. The minimum atomic E-state index is -2.00. The highest BCUT2D eigenvalue weighted by Gasteiger charge is 2.61. The smallest absolute Gasteiger partial charge is 0.494 e. The minimum absolute atomic E-state index is 0.0242. The van der Waals surface area contributed by atoms with E-state index in [1.807, 2.05) is 60.7 Å². The number of hydrogen-bond donors (Lipinski definition) is 5. The number of piperazine rings is 1. The summed E-state index contributed by atoms with van der Waals surface area (Å²) in [6, 6.07) is 22.4. The quantitative estimate of drug-likeness (QED) is 0.127. The summed E-state index contributed by atoms with van der Waals surface area (Å²) >= 11 is 0. The predicted molar refractivity (Wildman–Crippen MR) is 185 cm³/mol. The van der Waals surface area contributed by atoms with Crippen LogP contribution in [0.15, 0.2) is 77.8 Å². The lowest BCUT2D eigenvalue weighted by molar-refractivity contribution is -0.244. The van der Waals surface area contributed by atoms with Crippen LogP contribution in [-0.2, 0) is 18.8 Å². The summed E-state index contributed by atoms with van der Waals surface area (Å²) < 4.78 is 17.4. The second kappa shape index (κ2) is 13.7. The summed E-state index contributed by atoms with van der Waals surface area (Å²) in [6.45, 7) is 2.86. The van der Waals surface area contributed by atoms with E-state index in [1.165, 1.54) is 0 Å². The van der Waals surface area contributed by atoms with Crippen molar-refractivity contribution >= 4 is 46.5 Å². The standard InChI is InChI=1S/C35H40BN5O8/c1-39-14-16-41(17-15-39)19-29(44)40(2)25-11-9-24(10-12-25)37-31(22-6-4-3-5-7-22)30-26-13-8-23(18-27(26)38-34(30)45)36-48-32-28(20-42)47-35(46,21-43)33(32)49-36/h3-13,18,28,32-33,38,42-43,45-46H,14-17,19-21H2,1-2H3/t28-,32-,33+,35+/m1/s1. The molecule has 0 aliphatic carbocycles. The van der Waals surface area contributed by atoms with E-state index in [-0.39, 0.29) is 11.8 Å². The van der Waals surface area contributed by atoms with Gasteiger partial charge in [-0.2, -0.15) is 0 Å². The number of aliphatic hydroxyl groups is 3. The maximum atomic E-state index is 13.0. The van der Waals surface area contributed by atoms with Crippen LogP contribution >= 0.6 is 0 Å². The Kier molecular flexibility index (Phi) is 9.30. The first-order valence-electron chi connectivity index (χ1n) is 16.4. The number of aromatic amines is 1. The van der Waals surface area contributed by atoms with Gasteiger partial charge in [0.15, 0.2) is 5.88 Å². The van der Waals surface area contributed by atoms with Crippen molar-refractivity contribution in [1.29, 1.82) is 0 Å². The van der Waals surface area contributed by atoms with Gasteiger partial charge in [-0.25, -0.2) is 4.99 Å². The third-order valence-electron chi connectivity index (χ3n) is 9.59.